The van der Waals surface area contributed by atoms with Crippen molar-refractivity contribution < 1.29 is 22.9 Å². The van der Waals surface area contributed by atoms with Crippen LogP contribution in [-0.2, 0) is 19.6 Å². The molecule has 0 spiro atoms. The number of esters is 1. The minimum absolute atomic E-state index is 0.501. The van der Waals surface area contributed by atoms with Gasteiger partial charge in [-0.05, 0) is 26.8 Å². The van der Waals surface area contributed by atoms with E-state index in [-0.39, 0.29) is 0 Å². The highest BCUT2D eigenvalue weighted by Gasteiger charge is 2.26. The molecule has 0 saturated carbocycles. The fourth-order valence-corrected chi connectivity index (χ4v) is 2.58. The zero-order valence-corrected chi connectivity index (χ0v) is 12.6. The fourth-order valence-electron chi connectivity index (χ4n) is 1.44. The Bertz CT molecular complexity index is 648. The smallest absolute Gasteiger partial charge is 0.321 e. The van der Waals surface area contributed by atoms with Crippen molar-refractivity contribution in [2.24, 2.45) is 0 Å². The first-order valence-corrected chi connectivity index (χ1v) is 7.46. The van der Waals surface area contributed by atoms with E-state index in [1.807, 2.05) is 4.72 Å². The van der Waals surface area contributed by atoms with E-state index in [0.29, 0.717) is 0 Å². The van der Waals surface area contributed by atoms with Crippen LogP contribution in [0.25, 0.3) is 0 Å². The van der Waals surface area contributed by atoms with Gasteiger partial charge < -0.3 is 4.74 Å². The molecule has 0 bridgehead atoms. The zero-order chi connectivity index (χ0) is 16.3. The number of nitro benzene ring substituents is 1. The molecule has 116 valence electrons. The highest BCUT2D eigenvalue weighted by Crippen LogP contribution is 2.22. The van der Waals surface area contributed by atoms with Crippen LogP contribution in [0.5, 0.6) is 0 Å². The number of hydrogen-bond donors (Lipinski definition) is 1. The van der Waals surface area contributed by atoms with Crippen molar-refractivity contribution >= 4 is 21.7 Å². The van der Waals surface area contributed by atoms with Crippen LogP contribution in [0.15, 0.2) is 29.2 Å². The molecule has 21 heavy (non-hydrogen) atoms. The monoisotopic (exact) mass is 316 g/mol. The maximum Gasteiger partial charge on any atom is 0.321 e. The van der Waals surface area contributed by atoms with Crippen LogP contribution in [0.2, 0.25) is 0 Å². The number of nitro groups is 1. The first-order chi connectivity index (χ1) is 9.53. The summed E-state index contributed by atoms with van der Waals surface area (Å²) in [6.45, 7) is 4.32. The predicted octanol–water partition coefficient (Wildman–Crippen LogP) is 1.21. The Kier molecular flexibility index (Phi) is 5.02. The van der Waals surface area contributed by atoms with Gasteiger partial charge in [0.25, 0.3) is 5.69 Å². The van der Waals surface area contributed by atoms with Crippen molar-refractivity contribution in [3.63, 3.8) is 0 Å². The molecule has 1 aromatic carbocycles. The average Bonchev–Trinajstić information content (AvgIpc) is 2.34. The van der Waals surface area contributed by atoms with Crippen LogP contribution in [-0.4, -0.2) is 31.5 Å². The van der Waals surface area contributed by atoms with Gasteiger partial charge in [0, 0.05) is 6.07 Å². The van der Waals surface area contributed by atoms with E-state index in [4.69, 9.17) is 4.74 Å². The van der Waals surface area contributed by atoms with Crippen LogP contribution in [0.1, 0.15) is 20.8 Å². The molecule has 0 aromatic heterocycles. The lowest BCUT2D eigenvalue weighted by atomic mass is 10.2. The van der Waals surface area contributed by atoms with Gasteiger partial charge in [-0.1, -0.05) is 12.1 Å². The number of para-hydroxylation sites is 1. The van der Waals surface area contributed by atoms with Gasteiger partial charge in [0.15, 0.2) is 4.90 Å². The molecular weight excluding hydrogens is 300 g/mol. The molecule has 0 aliphatic carbocycles. The first kappa shape index (κ1) is 17.1. The Balaban J connectivity index is 2.89. The number of nitrogens with zero attached hydrogens (tertiary/aromatic N) is 1. The molecule has 0 amide bonds. The molecule has 9 heteroatoms. The summed E-state index contributed by atoms with van der Waals surface area (Å²) in [5.74, 6) is -0.773. The predicted molar refractivity (Wildman–Crippen MR) is 74.1 cm³/mol. The SMILES string of the molecule is CC(C)(C)OC(=O)CNS(=O)(=O)c1ccccc1[N+](=O)[O-]. The molecule has 1 rings (SSSR count). The van der Waals surface area contributed by atoms with Gasteiger partial charge in [-0.2, -0.15) is 4.72 Å². The summed E-state index contributed by atoms with van der Waals surface area (Å²) in [6.07, 6.45) is 0. The second kappa shape index (κ2) is 6.19. The molecule has 0 aliphatic rings. The third kappa shape index (κ3) is 5.12. The lowest BCUT2D eigenvalue weighted by Crippen LogP contribution is -2.34. The standard InChI is InChI=1S/C12H16N2O6S/c1-12(2,3)20-11(15)8-13-21(18,19)10-7-5-4-6-9(10)14(16)17/h4-7,13H,8H2,1-3H3. The second-order valence-corrected chi connectivity index (χ2v) is 6.87. The summed E-state index contributed by atoms with van der Waals surface area (Å²) in [7, 11) is -4.18. The number of ether oxygens (including phenoxy) is 1. The molecular formula is C12H16N2O6S. The van der Waals surface area contributed by atoms with Gasteiger partial charge in [0.05, 0.1) is 4.92 Å². The summed E-state index contributed by atoms with van der Waals surface area (Å²) >= 11 is 0. The van der Waals surface area contributed by atoms with E-state index in [1.165, 1.54) is 12.1 Å². The van der Waals surface area contributed by atoms with Crippen molar-refractivity contribution in [3.05, 3.63) is 34.4 Å². The van der Waals surface area contributed by atoms with Crippen LogP contribution in [0.3, 0.4) is 0 Å². The van der Waals surface area contributed by atoms with Gasteiger partial charge in [-0.15, -0.1) is 0 Å². The summed E-state index contributed by atoms with van der Waals surface area (Å²) in [5, 5.41) is 10.8. The first-order valence-electron chi connectivity index (χ1n) is 5.98. The van der Waals surface area contributed by atoms with Crippen LogP contribution in [0, 0.1) is 10.1 Å². The largest absolute Gasteiger partial charge is 0.459 e. The van der Waals surface area contributed by atoms with Crippen molar-refractivity contribution in [2.75, 3.05) is 6.54 Å². The van der Waals surface area contributed by atoms with Crippen molar-refractivity contribution in [3.8, 4) is 0 Å². The van der Waals surface area contributed by atoms with Crippen LogP contribution >= 0.6 is 0 Å². The van der Waals surface area contributed by atoms with E-state index in [1.54, 1.807) is 20.8 Å². The molecule has 0 aliphatic heterocycles. The minimum atomic E-state index is -4.18. The normalized spacial score (nSPS) is 12.0. The average molecular weight is 316 g/mol. The lowest BCUT2D eigenvalue weighted by Gasteiger charge is -2.19. The van der Waals surface area contributed by atoms with Crippen LogP contribution in [0.4, 0.5) is 5.69 Å². The number of rotatable bonds is 5. The third-order valence-corrected chi connectivity index (χ3v) is 3.63. The number of benzene rings is 1. The maximum absolute atomic E-state index is 12.0. The van der Waals surface area contributed by atoms with Gasteiger partial charge in [0.1, 0.15) is 12.1 Å². The molecule has 0 radical (unpaired) electrons. The molecule has 8 nitrogen and oxygen atoms in total. The summed E-state index contributed by atoms with van der Waals surface area (Å²) in [4.78, 5) is 21.0. The Labute approximate surface area is 122 Å². The zero-order valence-electron chi connectivity index (χ0n) is 11.8. The highest BCUT2D eigenvalue weighted by atomic mass is 32.2. The maximum atomic E-state index is 12.0. The Morgan fingerprint density at radius 3 is 2.43 bits per heavy atom. The van der Waals surface area contributed by atoms with Crippen LogP contribution < -0.4 is 4.72 Å². The summed E-state index contributed by atoms with van der Waals surface area (Å²) in [5.41, 5.74) is -1.31. The summed E-state index contributed by atoms with van der Waals surface area (Å²) in [6, 6.07) is 4.87. The van der Waals surface area contributed by atoms with Crippen molar-refractivity contribution in [1.82, 2.24) is 4.72 Å². The van der Waals surface area contributed by atoms with E-state index >= 15 is 0 Å². The Hall–Kier alpha value is -2.00. The molecule has 0 saturated heterocycles. The lowest BCUT2D eigenvalue weighted by molar-refractivity contribution is -0.387. The number of nitrogens with one attached hydrogen (secondary N) is 1. The number of carbonyl (C=O) groups excluding carboxylic acids is 1. The quantitative estimate of drug-likeness (QED) is 0.496. The third-order valence-electron chi connectivity index (χ3n) is 2.18. The van der Waals surface area contributed by atoms with E-state index in [2.05, 4.69) is 0 Å². The molecule has 0 heterocycles. The Morgan fingerprint density at radius 1 is 1.33 bits per heavy atom. The highest BCUT2D eigenvalue weighted by molar-refractivity contribution is 7.89. The number of hydrogen-bond acceptors (Lipinski definition) is 6. The van der Waals surface area contributed by atoms with Gasteiger partial charge >= 0.3 is 5.97 Å². The minimum Gasteiger partial charge on any atom is -0.459 e. The van der Waals surface area contributed by atoms with Crippen molar-refractivity contribution in [2.45, 2.75) is 31.3 Å². The molecule has 0 unspecified atom stereocenters. The van der Waals surface area contributed by atoms with E-state index in [9.17, 15) is 23.3 Å². The van der Waals surface area contributed by atoms with Gasteiger partial charge in [-0.3, -0.25) is 14.9 Å². The molecule has 0 fully saturated rings. The molecule has 1 aromatic rings. The second-order valence-electron chi connectivity index (χ2n) is 5.14. The van der Waals surface area contributed by atoms with E-state index < -0.39 is 43.6 Å². The molecule has 1 N–H and O–H groups in total. The topological polar surface area (TPSA) is 116 Å². The Morgan fingerprint density at radius 2 is 1.90 bits per heavy atom. The van der Waals surface area contributed by atoms with Gasteiger partial charge in [0.2, 0.25) is 10.0 Å². The van der Waals surface area contributed by atoms with E-state index in [0.717, 1.165) is 12.1 Å². The number of carbonyl (C=O) groups is 1. The fraction of sp³-hybridized carbons (Fsp3) is 0.417. The van der Waals surface area contributed by atoms with Crippen molar-refractivity contribution in [1.29, 1.82) is 0 Å². The number of sulfonamides is 1. The molecule has 0 atom stereocenters. The van der Waals surface area contributed by atoms with Gasteiger partial charge in [-0.25, -0.2) is 8.42 Å². The summed E-state index contributed by atoms with van der Waals surface area (Å²) < 4.78 is 30.9.